The number of piperidine rings is 1. The summed E-state index contributed by atoms with van der Waals surface area (Å²) in [5.41, 5.74) is 1.47. The van der Waals surface area contributed by atoms with Crippen molar-refractivity contribution in [1.29, 1.82) is 10.7 Å². The lowest BCUT2D eigenvalue weighted by molar-refractivity contribution is 0.0853. The summed E-state index contributed by atoms with van der Waals surface area (Å²) in [6.45, 7) is 4.85. The lowest BCUT2D eigenvalue weighted by Crippen LogP contribution is -2.47. The molecule has 1 saturated heterocycles. The number of aromatic nitrogens is 2. The molecule has 6 nitrogen and oxygen atoms in total. The molecule has 1 aliphatic carbocycles. The zero-order valence-electron chi connectivity index (χ0n) is 18.9. The van der Waals surface area contributed by atoms with Crippen LogP contribution in [-0.2, 0) is 5.54 Å². The molecular formula is C25H33FN6. The zero-order chi connectivity index (χ0) is 22.6. The van der Waals surface area contributed by atoms with Crippen molar-refractivity contribution in [1.82, 2.24) is 14.7 Å². The molecule has 32 heavy (non-hydrogen) atoms. The van der Waals surface area contributed by atoms with E-state index in [0.29, 0.717) is 23.5 Å². The molecule has 1 aromatic heterocycles. The lowest BCUT2D eigenvalue weighted by atomic mass is 9.83. The molecule has 0 radical (unpaired) electrons. The number of hydrogen-bond acceptors (Lipinski definition) is 5. The second kappa shape index (κ2) is 9.83. The first-order chi connectivity index (χ1) is 15.5. The number of benzene rings is 1. The minimum Gasteiger partial charge on any atom is -0.338 e. The summed E-state index contributed by atoms with van der Waals surface area (Å²) >= 11 is 0. The van der Waals surface area contributed by atoms with Crippen LogP contribution in [0.3, 0.4) is 0 Å². The minimum absolute atomic E-state index is 0.294. The van der Waals surface area contributed by atoms with Gasteiger partial charge >= 0.3 is 0 Å². The summed E-state index contributed by atoms with van der Waals surface area (Å²) in [6.07, 6.45) is 10.9. The summed E-state index contributed by atoms with van der Waals surface area (Å²) in [4.78, 5) is 2.57. The van der Waals surface area contributed by atoms with Gasteiger partial charge in [0, 0.05) is 37.2 Å². The fraction of sp³-hybridized carbons (Fsp3) is 0.560. The van der Waals surface area contributed by atoms with E-state index in [1.165, 1.54) is 50.8 Å². The maximum atomic E-state index is 13.3. The first kappa shape index (κ1) is 22.5. The normalized spacial score (nSPS) is 19.4. The maximum absolute atomic E-state index is 13.3. The molecule has 7 heteroatoms. The monoisotopic (exact) mass is 436 g/mol. The third kappa shape index (κ3) is 5.02. The van der Waals surface area contributed by atoms with Gasteiger partial charge in [0.05, 0.1) is 23.6 Å². The van der Waals surface area contributed by atoms with Gasteiger partial charge in [0.15, 0.2) is 5.82 Å². The van der Waals surface area contributed by atoms with E-state index in [4.69, 9.17) is 10.5 Å². The SMILES string of the molecule is CC(=N)c1cn(C2(CC#N)CCN(CC3CCCCC3)CC2)nc1Nc1ccc(F)cc1. The molecule has 170 valence electrons. The number of halogens is 1. The second-order valence-electron chi connectivity index (χ2n) is 9.46. The van der Waals surface area contributed by atoms with Gasteiger partial charge in [0.2, 0.25) is 0 Å². The molecular weight excluding hydrogens is 403 g/mol. The predicted octanol–water partition coefficient (Wildman–Crippen LogP) is 5.44. The third-order valence-corrected chi connectivity index (χ3v) is 7.15. The third-order valence-electron chi connectivity index (χ3n) is 7.15. The highest BCUT2D eigenvalue weighted by Gasteiger charge is 2.38. The van der Waals surface area contributed by atoms with Crippen LogP contribution in [0.4, 0.5) is 15.9 Å². The molecule has 2 N–H and O–H groups in total. The first-order valence-corrected chi connectivity index (χ1v) is 11.8. The average molecular weight is 437 g/mol. The first-order valence-electron chi connectivity index (χ1n) is 11.8. The van der Waals surface area contributed by atoms with Gasteiger partial charge in [-0.1, -0.05) is 19.3 Å². The van der Waals surface area contributed by atoms with Crippen molar-refractivity contribution in [2.45, 2.75) is 63.8 Å². The van der Waals surface area contributed by atoms with Crippen molar-refractivity contribution in [2.24, 2.45) is 5.92 Å². The summed E-state index contributed by atoms with van der Waals surface area (Å²) < 4.78 is 15.2. The van der Waals surface area contributed by atoms with Crippen molar-refractivity contribution in [3.8, 4) is 6.07 Å². The molecule has 2 heterocycles. The van der Waals surface area contributed by atoms with Gasteiger partial charge in [0.1, 0.15) is 5.82 Å². The average Bonchev–Trinajstić information content (AvgIpc) is 3.22. The van der Waals surface area contributed by atoms with E-state index in [2.05, 4.69) is 16.3 Å². The predicted molar refractivity (Wildman–Crippen MR) is 125 cm³/mol. The number of rotatable bonds is 7. The Labute approximate surface area is 189 Å². The van der Waals surface area contributed by atoms with Gasteiger partial charge in [-0.15, -0.1) is 0 Å². The molecule has 0 bridgehead atoms. The Balaban J connectivity index is 1.52. The Morgan fingerprint density at radius 1 is 1.22 bits per heavy atom. The summed E-state index contributed by atoms with van der Waals surface area (Å²) in [5, 5.41) is 25.9. The van der Waals surface area contributed by atoms with E-state index in [1.54, 1.807) is 19.1 Å². The Bertz CT molecular complexity index is 959. The van der Waals surface area contributed by atoms with Gasteiger partial charge in [-0.3, -0.25) is 4.68 Å². The number of nitrogens with zero attached hydrogens (tertiary/aromatic N) is 4. The van der Waals surface area contributed by atoms with Crippen LogP contribution in [0.5, 0.6) is 0 Å². The topological polar surface area (TPSA) is 80.7 Å². The van der Waals surface area contributed by atoms with Crippen molar-refractivity contribution in [3.63, 3.8) is 0 Å². The Kier molecular flexibility index (Phi) is 6.90. The van der Waals surface area contributed by atoms with Gasteiger partial charge in [0.25, 0.3) is 0 Å². The van der Waals surface area contributed by atoms with Gasteiger partial charge in [-0.2, -0.15) is 10.4 Å². The van der Waals surface area contributed by atoms with E-state index >= 15 is 0 Å². The summed E-state index contributed by atoms with van der Waals surface area (Å²) in [6, 6.07) is 8.51. The Morgan fingerprint density at radius 3 is 2.53 bits per heavy atom. The number of likely N-dealkylation sites (tertiary alicyclic amines) is 1. The largest absolute Gasteiger partial charge is 0.338 e. The Hall–Kier alpha value is -2.72. The molecule has 1 aromatic carbocycles. The van der Waals surface area contributed by atoms with Crippen molar-refractivity contribution >= 4 is 17.2 Å². The van der Waals surface area contributed by atoms with Gasteiger partial charge in [-0.05, 0) is 62.8 Å². The fourth-order valence-electron chi connectivity index (χ4n) is 5.17. The molecule has 1 saturated carbocycles. The molecule has 0 amide bonds. The van der Waals surface area contributed by atoms with Crippen molar-refractivity contribution in [2.75, 3.05) is 25.0 Å². The highest BCUT2D eigenvalue weighted by Crippen LogP contribution is 2.36. The van der Waals surface area contributed by atoms with E-state index in [-0.39, 0.29) is 11.4 Å². The van der Waals surface area contributed by atoms with Crippen molar-refractivity contribution < 1.29 is 4.39 Å². The van der Waals surface area contributed by atoms with Crippen LogP contribution < -0.4 is 5.32 Å². The number of hydrogen-bond donors (Lipinski definition) is 2. The Morgan fingerprint density at radius 2 is 1.91 bits per heavy atom. The van der Waals surface area contributed by atoms with E-state index in [9.17, 15) is 9.65 Å². The molecule has 0 atom stereocenters. The highest BCUT2D eigenvalue weighted by atomic mass is 19.1. The van der Waals surface area contributed by atoms with Crippen LogP contribution in [0.25, 0.3) is 0 Å². The molecule has 2 aliphatic rings. The minimum atomic E-state index is -0.356. The lowest BCUT2D eigenvalue weighted by Gasteiger charge is -2.42. The van der Waals surface area contributed by atoms with Crippen LogP contribution in [0.1, 0.15) is 63.9 Å². The number of nitriles is 1. The zero-order valence-corrected chi connectivity index (χ0v) is 18.9. The van der Waals surface area contributed by atoms with Gasteiger partial charge in [-0.25, -0.2) is 4.39 Å². The van der Waals surface area contributed by atoms with Crippen molar-refractivity contribution in [3.05, 3.63) is 41.8 Å². The van der Waals surface area contributed by atoms with Crippen LogP contribution in [0.15, 0.2) is 30.5 Å². The standard InChI is InChI=1S/C25H33FN6/c1-19(28)23-18-32(30-24(23)29-22-9-7-21(26)8-10-22)25(11-14-27)12-15-31(16-13-25)17-20-5-3-2-4-6-20/h7-10,18,20,28H,2-6,11-13,15-17H2,1H3,(H,29,30). The molecule has 4 rings (SSSR count). The fourth-order valence-corrected chi connectivity index (χ4v) is 5.17. The van der Waals surface area contributed by atoms with E-state index in [0.717, 1.165) is 37.5 Å². The van der Waals surface area contributed by atoms with Crippen LogP contribution >= 0.6 is 0 Å². The van der Waals surface area contributed by atoms with E-state index in [1.807, 2.05) is 10.9 Å². The summed E-state index contributed by atoms with van der Waals surface area (Å²) in [5.74, 6) is 1.10. The van der Waals surface area contributed by atoms with E-state index < -0.39 is 0 Å². The van der Waals surface area contributed by atoms with Gasteiger partial charge < -0.3 is 15.6 Å². The molecule has 1 aliphatic heterocycles. The van der Waals surface area contributed by atoms with Crippen LogP contribution in [0, 0.1) is 28.5 Å². The maximum Gasteiger partial charge on any atom is 0.161 e. The van der Waals surface area contributed by atoms with Crippen LogP contribution in [0.2, 0.25) is 0 Å². The molecule has 0 spiro atoms. The molecule has 0 unspecified atom stereocenters. The smallest absolute Gasteiger partial charge is 0.161 e. The quantitative estimate of drug-likeness (QED) is 0.567. The van der Waals surface area contributed by atoms with Crippen LogP contribution in [-0.4, -0.2) is 40.0 Å². The summed E-state index contributed by atoms with van der Waals surface area (Å²) in [7, 11) is 0. The molecule has 2 aromatic rings. The number of anilines is 2. The number of nitrogens with one attached hydrogen (secondary N) is 2. The second-order valence-corrected chi connectivity index (χ2v) is 9.46. The molecule has 2 fully saturated rings. The highest BCUT2D eigenvalue weighted by molar-refractivity contribution is 6.01.